The minimum atomic E-state index is 0.294. The molecule has 4 nitrogen and oxygen atoms in total. The van der Waals surface area contributed by atoms with E-state index in [0.29, 0.717) is 5.54 Å². The van der Waals surface area contributed by atoms with E-state index in [4.69, 9.17) is 0 Å². The smallest absolute Gasteiger partial charge is 0.0597 e. The van der Waals surface area contributed by atoms with Crippen molar-refractivity contribution in [2.45, 2.75) is 65.6 Å². The zero-order valence-electron chi connectivity index (χ0n) is 13.6. The monoisotopic (exact) mass is 278 g/mol. The van der Waals surface area contributed by atoms with Gasteiger partial charge in [-0.1, -0.05) is 13.8 Å². The van der Waals surface area contributed by atoms with Crippen LogP contribution in [0.25, 0.3) is 0 Å². The maximum atomic E-state index is 4.57. The Hall–Kier alpha value is -0.870. The van der Waals surface area contributed by atoms with Crippen molar-refractivity contribution >= 4 is 0 Å². The van der Waals surface area contributed by atoms with Gasteiger partial charge < -0.3 is 5.32 Å². The molecular formula is C16H30N4. The summed E-state index contributed by atoms with van der Waals surface area (Å²) in [4.78, 5) is 2.61. The van der Waals surface area contributed by atoms with Gasteiger partial charge in [0.1, 0.15) is 0 Å². The van der Waals surface area contributed by atoms with Gasteiger partial charge in [-0.15, -0.1) is 0 Å². The molecule has 1 fully saturated rings. The second kappa shape index (κ2) is 6.72. The van der Waals surface area contributed by atoms with Crippen molar-refractivity contribution in [3.63, 3.8) is 0 Å². The Morgan fingerprint density at radius 2 is 2.05 bits per heavy atom. The summed E-state index contributed by atoms with van der Waals surface area (Å²) < 4.78 is 2.15. The van der Waals surface area contributed by atoms with Gasteiger partial charge >= 0.3 is 0 Å². The molecule has 1 aromatic heterocycles. The molecule has 20 heavy (non-hydrogen) atoms. The molecule has 0 atom stereocenters. The average molecular weight is 278 g/mol. The topological polar surface area (TPSA) is 33.1 Å². The largest absolute Gasteiger partial charge is 0.310 e. The Morgan fingerprint density at radius 1 is 1.30 bits per heavy atom. The van der Waals surface area contributed by atoms with Crippen molar-refractivity contribution in [3.8, 4) is 0 Å². The first-order chi connectivity index (χ1) is 9.62. The van der Waals surface area contributed by atoms with Gasteiger partial charge in [-0.2, -0.15) is 5.10 Å². The highest BCUT2D eigenvalue weighted by Crippen LogP contribution is 2.21. The maximum Gasteiger partial charge on any atom is 0.0597 e. The fourth-order valence-electron chi connectivity index (χ4n) is 3.31. The first-order valence-electron chi connectivity index (χ1n) is 8.13. The Morgan fingerprint density at radius 3 is 2.70 bits per heavy atom. The highest BCUT2D eigenvalue weighted by molar-refractivity contribution is 5.09. The van der Waals surface area contributed by atoms with Gasteiger partial charge in [0.05, 0.1) is 11.4 Å². The van der Waals surface area contributed by atoms with Crippen LogP contribution in [0, 0.1) is 6.92 Å². The van der Waals surface area contributed by atoms with Crippen LogP contribution >= 0.6 is 0 Å². The van der Waals surface area contributed by atoms with Crippen molar-refractivity contribution in [1.29, 1.82) is 0 Å². The summed E-state index contributed by atoms with van der Waals surface area (Å²) in [5.74, 6) is 0. The van der Waals surface area contributed by atoms with E-state index < -0.39 is 0 Å². The fraction of sp³-hybridized carbons (Fsp3) is 0.812. The molecule has 0 aromatic carbocycles. The van der Waals surface area contributed by atoms with Crippen LogP contribution in [-0.2, 0) is 13.1 Å². The van der Waals surface area contributed by atoms with Crippen molar-refractivity contribution in [2.75, 3.05) is 19.6 Å². The van der Waals surface area contributed by atoms with Gasteiger partial charge in [0.2, 0.25) is 0 Å². The average Bonchev–Trinajstić information content (AvgIpc) is 2.69. The third kappa shape index (κ3) is 3.41. The van der Waals surface area contributed by atoms with Gasteiger partial charge in [-0.3, -0.25) is 9.58 Å². The van der Waals surface area contributed by atoms with Crippen LogP contribution in [0.1, 0.15) is 51.4 Å². The van der Waals surface area contributed by atoms with Gasteiger partial charge in [-0.05, 0) is 52.3 Å². The third-order valence-electron chi connectivity index (χ3n) is 4.70. The lowest BCUT2D eigenvalue weighted by molar-refractivity contribution is 0.187. The second-order valence-electron chi connectivity index (χ2n) is 6.07. The van der Waals surface area contributed by atoms with E-state index >= 15 is 0 Å². The molecule has 1 aliphatic heterocycles. The number of rotatable bonds is 5. The van der Waals surface area contributed by atoms with E-state index in [1.165, 1.54) is 31.5 Å². The van der Waals surface area contributed by atoms with E-state index in [1.807, 2.05) is 0 Å². The van der Waals surface area contributed by atoms with Crippen molar-refractivity contribution < 1.29 is 0 Å². The molecule has 1 aromatic rings. The van der Waals surface area contributed by atoms with Crippen LogP contribution in [0.4, 0.5) is 0 Å². The van der Waals surface area contributed by atoms with Gasteiger partial charge in [0.15, 0.2) is 0 Å². The Bertz CT molecular complexity index is 420. The summed E-state index contributed by atoms with van der Waals surface area (Å²) in [5, 5.41) is 8.35. The minimum absolute atomic E-state index is 0.294. The third-order valence-corrected chi connectivity index (χ3v) is 4.70. The van der Waals surface area contributed by atoms with Crippen molar-refractivity contribution in [2.24, 2.45) is 0 Å². The minimum Gasteiger partial charge on any atom is -0.310 e. The summed E-state index contributed by atoms with van der Waals surface area (Å²) in [6.07, 6.45) is 3.64. The van der Waals surface area contributed by atoms with Gasteiger partial charge in [-0.25, -0.2) is 0 Å². The van der Waals surface area contributed by atoms with Crippen LogP contribution < -0.4 is 5.32 Å². The lowest BCUT2D eigenvalue weighted by atomic mass is 9.92. The molecule has 1 N–H and O–H groups in total. The molecule has 1 aliphatic rings. The fourth-order valence-corrected chi connectivity index (χ4v) is 3.31. The molecule has 0 spiro atoms. The van der Waals surface area contributed by atoms with Crippen LogP contribution in [0.3, 0.4) is 0 Å². The number of aryl methyl sites for hydroxylation is 2. The SMILES string of the molecule is CCn1nc(C)cc1CN1CCCNC(CC)(CC)C1. The molecular weight excluding hydrogens is 248 g/mol. The summed E-state index contributed by atoms with van der Waals surface area (Å²) >= 11 is 0. The first-order valence-corrected chi connectivity index (χ1v) is 8.13. The Balaban J connectivity index is 2.10. The molecule has 0 unspecified atom stereocenters. The van der Waals surface area contributed by atoms with Crippen LogP contribution in [0.15, 0.2) is 6.07 Å². The standard InChI is InChI=1S/C16H30N4/c1-5-16(6-2)13-19(10-8-9-17-16)12-15-11-14(4)18-20(15)7-3/h11,17H,5-10,12-13H2,1-4H3. The van der Waals surface area contributed by atoms with E-state index in [2.05, 4.69) is 53.8 Å². The first kappa shape index (κ1) is 15.5. The molecule has 0 saturated carbocycles. The molecule has 2 rings (SSSR count). The summed E-state index contributed by atoms with van der Waals surface area (Å²) in [6, 6.07) is 2.24. The number of hydrogen-bond acceptors (Lipinski definition) is 3. The highest BCUT2D eigenvalue weighted by Gasteiger charge is 2.30. The summed E-state index contributed by atoms with van der Waals surface area (Å²) in [6.45, 7) is 14.3. The molecule has 114 valence electrons. The van der Waals surface area contributed by atoms with E-state index in [1.54, 1.807) is 0 Å². The number of aromatic nitrogens is 2. The number of hydrogen-bond donors (Lipinski definition) is 1. The predicted octanol–water partition coefficient (Wildman–Crippen LogP) is 2.57. The molecule has 0 radical (unpaired) electrons. The number of nitrogens with zero attached hydrogens (tertiary/aromatic N) is 3. The highest BCUT2D eigenvalue weighted by atomic mass is 15.3. The quantitative estimate of drug-likeness (QED) is 0.898. The van der Waals surface area contributed by atoms with Gasteiger partial charge in [0.25, 0.3) is 0 Å². The van der Waals surface area contributed by atoms with Crippen LogP contribution in [-0.4, -0.2) is 39.9 Å². The summed E-state index contributed by atoms with van der Waals surface area (Å²) in [5.41, 5.74) is 2.78. The molecule has 0 aliphatic carbocycles. The number of nitrogens with one attached hydrogen (secondary N) is 1. The molecule has 0 amide bonds. The second-order valence-corrected chi connectivity index (χ2v) is 6.07. The van der Waals surface area contributed by atoms with Crippen LogP contribution in [0.2, 0.25) is 0 Å². The van der Waals surface area contributed by atoms with Crippen molar-refractivity contribution in [3.05, 3.63) is 17.5 Å². The lowest BCUT2D eigenvalue weighted by Crippen LogP contribution is -2.50. The van der Waals surface area contributed by atoms with E-state index in [0.717, 1.165) is 31.9 Å². The Kier molecular flexibility index (Phi) is 5.22. The normalized spacial score (nSPS) is 20.0. The zero-order chi connectivity index (χ0) is 14.6. The lowest BCUT2D eigenvalue weighted by Gasteiger charge is -2.35. The van der Waals surface area contributed by atoms with Crippen LogP contribution in [0.5, 0.6) is 0 Å². The molecule has 1 saturated heterocycles. The van der Waals surface area contributed by atoms with Gasteiger partial charge in [0, 0.05) is 25.2 Å². The Labute approximate surface area is 123 Å². The van der Waals surface area contributed by atoms with E-state index in [9.17, 15) is 0 Å². The molecule has 0 bridgehead atoms. The zero-order valence-corrected chi connectivity index (χ0v) is 13.6. The van der Waals surface area contributed by atoms with Crippen molar-refractivity contribution in [1.82, 2.24) is 20.0 Å². The van der Waals surface area contributed by atoms with E-state index in [-0.39, 0.29) is 0 Å². The molecule has 2 heterocycles. The molecule has 4 heteroatoms. The maximum absolute atomic E-state index is 4.57. The predicted molar refractivity (Wildman–Crippen MR) is 83.8 cm³/mol. The summed E-state index contributed by atoms with van der Waals surface area (Å²) in [7, 11) is 0.